The lowest BCUT2D eigenvalue weighted by Crippen LogP contribution is -2.16. The van der Waals surface area contributed by atoms with Gasteiger partial charge in [0.1, 0.15) is 11.6 Å². The molecule has 0 aliphatic carbocycles. The number of hydrogen-bond donors (Lipinski definition) is 0. The molecule has 0 fully saturated rings. The van der Waals surface area contributed by atoms with E-state index in [2.05, 4.69) is 22.9 Å². The van der Waals surface area contributed by atoms with Crippen LogP contribution in [0.5, 0.6) is 0 Å². The maximum Gasteiger partial charge on any atom is 0.140 e. The van der Waals surface area contributed by atoms with Crippen molar-refractivity contribution in [2.45, 2.75) is 46.0 Å². The molecule has 1 aromatic rings. The van der Waals surface area contributed by atoms with Crippen LogP contribution in [0.3, 0.4) is 0 Å². The second kappa shape index (κ2) is 7.67. The molecular weight excluding hydrogens is 295 g/mol. The minimum atomic E-state index is -0.304. The Morgan fingerprint density at radius 2 is 2.11 bits per heavy atom. The maximum absolute atomic E-state index is 13.4. The monoisotopic (exact) mass is 314 g/mol. The maximum atomic E-state index is 13.4. The molecule has 0 aliphatic rings. The van der Waals surface area contributed by atoms with Crippen LogP contribution in [0, 0.1) is 11.7 Å². The molecule has 0 saturated carbocycles. The van der Waals surface area contributed by atoms with Crippen LogP contribution in [-0.4, -0.2) is 5.78 Å². The Bertz CT molecular complexity index is 403. The van der Waals surface area contributed by atoms with Gasteiger partial charge in [-0.2, -0.15) is 0 Å². The van der Waals surface area contributed by atoms with Crippen LogP contribution in [0.2, 0.25) is 0 Å². The van der Waals surface area contributed by atoms with Crippen molar-refractivity contribution in [2.75, 3.05) is 0 Å². The highest BCUT2D eigenvalue weighted by molar-refractivity contribution is 9.10. The van der Waals surface area contributed by atoms with Gasteiger partial charge in [-0.25, -0.2) is 4.39 Å². The van der Waals surface area contributed by atoms with Gasteiger partial charge in [0.05, 0.1) is 4.47 Å². The average Bonchev–Trinajstić information content (AvgIpc) is 2.36. The molecule has 0 heterocycles. The Balaban J connectivity index is 2.70. The van der Waals surface area contributed by atoms with Gasteiger partial charge >= 0.3 is 0 Å². The van der Waals surface area contributed by atoms with Crippen molar-refractivity contribution in [1.29, 1.82) is 0 Å². The van der Waals surface area contributed by atoms with Crippen LogP contribution >= 0.6 is 15.9 Å². The Kier molecular flexibility index (Phi) is 6.55. The van der Waals surface area contributed by atoms with E-state index in [9.17, 15) is 9.18 Å². The molecule has 0 spiro atoms. The molecule has 18 heavy (non-hydrogen) atoms. The van der Waals surface area contributed by atoms with Crippen LogP contribution in [0.1, 0.15) is 45.1 Å². The van der Waals surface area contributed by atoms with E-state index in [-0.39, 0.29) is 17.5 Å². The second-order valence-corrected chi connectivity index (χ2v) is 5.40. The zero-order chi connectivity index (χ0) is 13.5. The zero-order valence-corrected chi connectivity index (χ0v) is 12.6. The average molecular weight is 315 g/mol. The number of unbranched alkanes of at least 4 members (excludes halogenated alkanes) is 1. The van der Waals surface area contributed by atoms with Crippen molar-refractivity contribution in [3.8, 4) is 0 Å². The fraction of sp³-hybridized carbons (Fsp3) is 0.533. The van der Waals surface area contributed by atoms with Crippen LogP contribution < -0.4 is 0 Å². The third-order valence-corrected chi connectivity index (χ3v) is 4.14. The van der Waals surface area contributed by atoms with E-state index in [0.717, 1.165) is 31.2 Å². The Hall–Kier alpha value is -0.700. The molecule has 1 aromatic carbocycles. The summed E-state index contributed by atoms with van der Waals surface area (Å²) in [6.07, 6.45) is 4.31. The van der Waals surface area contributed by atoms with Crippen molar-refractivity contribution in [1.82, 2.24) is 0 Å². The van der Waals surface area contributed by atoms with Crippen molar-refractivity contribution < 1.29 is 9.18 Å². The lowest BCUT2D eigenvalue weighted by molar-refractivity contribution is -0.122. The molecule has 0 bridgehead atoms. The summed E-state index contributed by atoms with van der Waals surface area (Å²) < 4.78 is 13.8. The van der Waals surface area contributed by atoms with Gasteiger partial charge in [0, 0.05) is 12.3 Å². The predicted octanol–water partition coefficient (Wildman–Crippen LogP) is 4.92. The third kappa shape index (κ3) is 4.20. The molecular formula is C15H20BrFO. The number of carbonyl (C=O) groups excluding carboxylic acids is 1. The normalized spacial score (nSPS) is 12.4. The molecule has 1 rings (SSSR count). The molecule has 0 radical (unpaired) electrons. The molecule has 0 aromatic heterocycles. The first-order valence-corrected chi connectivity index (χ1v) is 7.35. The van der Waals surface area contributed by atoms with Gasteiger partial charge in [0.2, 0.25) is 0 Å². The van der Waals surface area contributed by atoms with Gasteiger partial charge in [0.25, 0.3) is 0 Å². The number of hydrogen-bond acceptors (Lipinski definition) is 1. The van der Waals surface area contributed by atoms with Crippen LogP contribution in [0.4, 0.5) is 4.39 Å². The Morgan fingerprint density at radius 1 is 1.39 bits per heavy atom. The van der Waals surface area contributed by atoms with E-state index in [4.69, 9.17) is 0 Å². The minimum Gasteiger partial charge on any atom is -0.299 e. The van der Waals surface area contributed by atoms with Gasteiger partial charge in [0.15, 0.2) is 0 Å². The highest BCUT2D eigenvalue weighted by atomic mass is 79.9. The standard InChI is InChI=1S/C15H20BrFO/c1-3-5-7-11(4-2)14(18)10-12-8-6-9-13(17)15(12)16/h6,8-9,11H,3-5,7,10H2,1-2H3. The van der Waals surface area contributed by atoms with Gasteiger partial charge in [-0.1, -0.05) is 38.8 Å². The molecule has 1 nitrogen and oxygen atoms in total. The summed E-state index contributed by atoms with van der Waals surface area (Å²) in [5, 5.41) is 0. The lowest BCUT2D eigenvalue weighted by atomic mass is 9.91. The summed E-state index contributed by atoms with van der Waals surface area (Å²) in [5.41, 5.74) is 0.745. The van der Waals surface area contributed by atoms with Crippen LogP contribution in [0.15, 0.2) is 22.7 Å². The number of carbonyl (C=O) groups is 1. The molecule has 3 heteroatoms. The summed E-state index contributed by atoms with van der Waals surface area (Å²) in [5.74, 6) is 0.0271. The number of halogens is 2. The second-order valence-electron chi connectivity index (χ2n) is 4.60. The molecule has 1 unspecified atom stereocenters. The first kappa shape index (κ1) is 15.4. The van der Waals surface area contributed by atoms with E-state index >= 15 is 0 Å². The minimum absolute atomic E-state index is 0.111. The lowest BCUT2D eigenvalue weighted by Gasteiger charge is -2.13. The molecule has 0 aliphatic heterocycles. The smallest absolute Gasteiger partial charge is 0.140 e. The quantitative estimate of drug-likeness (QED) is 0.698. The van der Waals surface area contributed by atoms with Crippen molar-refractivity contribution >= 4 is 21.7 Å². The van der Waals surface area contributed by atoms with E-state index in [0.29, 0.717) is 10.9 Å². The van der Waals surface area contributed by atoms with Crippen LogP contribution in [0.25, 0.3) is 0 Å². The molecule has 0 saturated heterocycles. The van der Waals surface area contributed by atoms with E-state index < -0.39 is 0 Å². The SMILES string of the molecule is CCCCC(CC)C(=O)Cc1cccc(F)c1Br. The third-order valence-electron chi connectivity index (χ3n) is 3.25. The van der Waals surface area contributed by atoms with Crippen molar-refractivity contribution in [3.63, 3.8) is 0 Å². The highest BCUT2D eigenvalue weighted by Crippen LogP contribution is 2.23. The molecule has 100 valence electrons. The summed E-state index contributed by atoms with van der Waals surface area (Å²) in [6.45, 7) is 4.17. The predicted molar refractivity (Wildman–Crippen MR) is 76.1 cm³/mol. The van der Waals surface area contributed by atoms with E-state index in [1.54, 1.807) is 12.1 Å². The fourth-order valence-corrected chi connectivity index (χ4v) is 2.46. The number of rotatable bonds is 7. The first-order valence-electron chi connectivity index (χ1n) is 6.55. The summed E-state index contributed by atoms with van der Waals surface area (Å²) in [6, 6.07) is 4.85. The van der Waals surface area contributed by atoms with E-state index in [1.807, 2.05) is 6.92 Å². The highest BCUT2D eigenvalue weighted by Gasteiger charge is 2.18. The van der Waals surface area contributed by atoms with Gasteiger partial charge < -0.3 is 0 Å². The van der Waals surface area contributed by atoms with Crippen molar-refractivity contribution in [2.24, 2.45) is 5.92 Å². The van der Waals surface area contributed by atoms with Crippen LogP contribution in [-0.2, 0) is 11.2 Å². The summed E-state index contributed by atoms with van der Waals surface area (Å²) in [7, 11) is 0. The van der Waals surface area contributed by atoms with E-state index in [1.165, 1.54) is 6.07 Å². The number of Topliss-reactive ketones (excluding diaryl/α,β-unsaturated/α-hetero) is 1. The molecule has 0 N–H and O–H groups in total. The fourth-order valence-electron chi connectivity index (χ4n) is 2.06. The Morgan fingerprint density at radius 3 is 2.72 bits per heavy atom. The topological polar surface area (TPSA) is 17.1 Å². The molecule has 0 amide bonds. The summed E-state index contributed by atoms with van der Waals surface area (Å²) in [4.78, 5) is 12.2. The van der Waals surface area contributed by atoms with Gasteiger partial charge in [-0.05, 0) is 40.4 Å². The molecule has 1 atom stereocenters. The number of benzene rings is 1. The Labute approximate surface area is 117 Å². The summed E-state index contributed by atoms with van der Waals surface area (Å²) >= 11 is 3.21. The first-order chi connectivity index (χ1) is 8.60. The van der Waals surface area contributed by atoms with Crippen molar-refractivity contribution in [3.05, 3.63) is 34.1 Å². The van der Waals surface area contributed by atoms with Gasteiger partial charge in [-0.15, -0.1) is 0 Å². The number of ketones is 1. The largest absolute Gasteiger partial charge is 0.299 e. The zero-order valence-electron chi connectivity index (χ0n) is 11.0. The van der Waals surface area contributed by atoms with Gasteiger partial charge in [-0.3, -0.25) is 4.79 Å².